The van der Waals surface area contributed by atoms with E-state index in [1.54, 1.807) is 11.3 Å². The summed E-state index contributed by atoms with van der Waals surface area (Å²) in [6.07, 6.45) is 0.591. The fourth-order valence-electron chi connectivity index (χ4n) is 2.09. The van der Waals surface area contributed by atoms with Gasteiger partial charge in [-0.2, -0.15) is 4.98 Å². The molecule has 0 aliphatic carbocycles. The van der Waals surface area contributed by atoms with Gasteiger partial charge in [0, 0.05) is 17.1 Å². The second kappa shape index (κ2) is 4.66. The molecule has 2 atom stereocenters. The third kappa shape index (κ3) is 2.29. The second-order valence-corrected chi connectivity index (χ2v) is 6.06. The molecule has 19 heavy (non-hydrogen) atoms. The van der Waals surface area contributed by atoms with Gasteiger partial charge >= 0.3 is 0 Å². The second-order valence-electron chi connectivity index (χ2n) is 5.11. The van der Waals surface area contributed by atoms with Crippen molar-refractivity contribution in [3.63, 3.8) is 0 Å². The maximum absolute atomic E-state index is 6.05. The predicted molar refractivity (Wildman–Crippen MR) is 70.1 cm³/mol. The zero-order chi connectivity index (χ0) is 13.5. The van der Waals surface area contributed by atoms with Crippen molar-refractivity contribution in [2.75, 3.05) is 13.2 Å². The van der Waals surface area contributed by atoms with E-state index in [4.69, 9.17) is 15.0 Å². The first-order chi connectivity index (χ1) is 9.08. The number of thiazole rings is 1. The van der Waals surface area contributed by atoms with Crippen LogP contribution in [0.3, 0.4) is 0 Å². The minimum absolute atomic E-state index is 0.108. The largest absolute Gasteiger partial charge is 0.379 e. The van der Waals surface area contributed by atoms with Gasteiger partial charge in [0.15, 0.2) is 5.82 Å². The smallest absolute Gasteiger partial charge is 0.236 e. The first kappa shape index (κ1) is 12.7. The molecular formula is C12H16N4O2S. The zero-order valence-electron chi connectivity index (χ0n) is 10.9. The summed E-state index contributed by atoms with van der Waals surface area (Å²) in [4.78, 5) is 8.84. The molecule has 0 aromatic carbocycles. The minimum atomic E-state index is -0.385. The lowest BCUT2D eigenvalue weighted by Crippen LogP contribution is -2.42. The lowest BCUT2D eigenvalue weighted by atomic mass is 9.86. The molecule has 6 nitrogen and oxygen atoms in total. The van der Waals surface area contributed by atoms with Gasteiger partial charge in [0.2, 0.25) is 5.89 Å². The van der Waals surface area contributed by atoms with Crippen molar-refractivity contribution in [3.05, 3.63) is 27.8 Å². The average molecular weight is 280 g/mol. The van der Waals surface area contributed by atoms with Crippen molar-refractivity contribution in [3.8, 4) is 0 Å². The highest BCUT2D eigenvalue weighted by Crippen LogP contribution is 2.30. The average Bonchev–Trinajstić information content (AvgIpc) is 3.05. The molecule has 3 rings (SSSR count). The molecule has 0 spiro atoms. The van der Waals surface area contributed by atoms with Crippen molar-refractivity contribution < 1.29 is 9.26 Å². The van der Waals surface area contributed by atoms with Crippen LogP contribution in [0.15, 0.2) is 9.90 Å². The molecule has 1 fully saturated rings. The summed E-state index contributed by atoms with van der Waals surface area (Å²) >= 11 is 1.60. The molecule has 0 bridgehead atoms. The molecule has 1 aliphatic rings. The van der Waals surface area contributed by atoms with Crippen LogP contribution in [-0.4, -0.2) is 34.4 Å². The third-order valence-electron chi connectivity index (χ3n) is 3.45. The predicted octanol–water partition coefficient (Wildman–Crippen LogP) is 1.04. The summed E-state index contributed by atoms with van der Waals surface area (Å²) in [6.45, 7) is 5.01. The Hall–Kier alpha value is -1.31. The fraction of sp³-hybridized carbons (Fsp3) is 0.583. The standard InChI is InChI=1S/C12H16N4O2S/c1-7-5-19-10(14-7)3-9-15-11(18-16-9)12(2)6-17-4-8(12)13/h5,8H,3-4,6,13H2,1-2H3. The molecule has 2 aromatic rings. The molecule has 3 heterocycles. The SMILES string of the molecule is Cc1csc(Cc2noc(C3(C)COCC3N)n2)n1. The van der Waals surface area contributed by atoms with Gasteiger partial charge in [-0.25, -0.2) is 4.98 Å². The van der Waals surface area contributed by atoms with E-state index < -0.39 is 0 Å². The summed E-state index contributed by atoms with van der Waals surface area (Å²) < 4.78 is 10.8. The van der Waals surface area contributed by atoms with E-state index in [0.29, 0.717) is 31.3 Å². The van der Waals surface area contributed by atoms with E-state index in [1.165, 1.54) is 0 Å². The van der Waals surface area contributed by atoms with Gasteiger partial charge in [-0.15, -0.1) is 11.3 Å². The van der Waals surface area contributed by atoms with Gasteiger partial charge in [0.1, 0.15) is 5.01 Å². The summed E-state index contributed by atoms with van der Waals surface area (Å²) in [7, 11) is 0. The van der Waals surface area contributed by atoms with Crippen LogP contribution in [0.5, 0.6) is 0 Å². The van der Waals surface area contributed by atoms with Crippen LogP contribution in [-0.2, 0) is 16.6 Å². The van der Waals surface area contributed by atoms with E-state index >= 15 is 0 Å². The summed E-state index contributed by atoms with van der Waals surface area (Å²) in [5.41, 5.74) is 6.68. The quantitative estimate of drug-likeness (QED) is 0.904. The highest BCUT2D eigenvalue weighted by Gasteiger charge is 2.44. The molecule has 2 N–H and O–H groups in total. The molecule has 2 aromatic heterocycles. The molecule has 0 amide bonds. The van der Waals surface area contributed by atoms with Gasteiger partial charge in [0.25, 0.3) is 0 Å². The number of hydrogen-bond acceptors (Lipinski definition) is 7. The van der Waals surface area contributed by atoms with Gasteiger partial charge in [-0.1, -0.05) is 5.16 Å². The number of ether oxygens (including phenoxy) is 1. The Morgan fingerprint density at radius 1 is 1.53 bits per heavy atom. The third-order valence-corrected chi connectivity index (χ3v) is 4.42. The Morgan fingerprint density at radius 2 is 2.37 bits per heavy atom. The van der Waals surface area contributed by atoms with Crippen molar-refractivity contribution in [2.45, 2.75) is 31.7 Å². The van der Waals surface area contributed by atoms with E-state index in [-0.39, 0.29) is 11.5 Å². The Labute approximate surface area is 115 Å². The van der Waals surface area contributed by atoms with E-state index in [2.05, 4.69) is 15.1 Å². The van der Waals surface area contributed by atoms with Crippen LogP contribution in [0.25, 0.3) is 0 Å². The monoisotopic (exact) mass is 280 g/mol. The van der Waals surface area contributed by atoms with Gasteiger partial charge in [-0.05, 0) is 13.8 Å². The molecule has 2 unspecified atom stereocenters. The first-order valence-electron chi connectivity index (χ1n) is 6.15. The molecule has 7 heteroatoms. The Bertz CT molecular complexity index is 582. The van der Waals surface area contributed by atoms with Crippen molar-refractivity contribution in [1.29, 1.82) is 0 Å². The number of nitrogens with zero attached hydrogens (tertiary/aromatic N) is 3. The lowest BCUT2D eigenvalue weighted by molar-refractivity contribution is 0.169. The number of aromatic nitrogens is 3. The number of aryl methyl sites for hydroxylation is 1. The van der Waals surface area contributed by atoms with Gasteiger partial charge < -0.3 is 15.0 Å². The van der Waals surface area contributed by atoms with Gasteiger partial charge in [-0.3, -0.25) is 0 Å². The van der Waals surface area contributed by atoms with Crippen LogP contribution in [0.1, 0.15) is 29.3 Å². The molecular weight excluding hydrogens is 264 g/mol. The number of rotatable bonds is 3. The van der Waals surface area contributed by atoms with Crippen molar-refractivity contribution in [1.82, 2.24) is 15.1 Å². The molecule has 1 aliphatic heterocycles. The van der Waals surface area contributed by atoms with Crippen molar-refractivity contribution >= 4 is 11.3 Å². The van der Waals surface area contributed by atoms with Crippen molar-refractivity contribution in [2.24, 2.45) is 5.73 Å². The lowest BCUT2D eigenvalue weighted by Gasteiger charge is -2.21. The van der Waals surface area contributed by atoms with Crippen LogP contribution in [0, 0.1) is 6.92 Å². The van der Waals surface area contributed by atoms with Crippen LogP contribution in [0.2, 0.25) is 0 Å². The Morgan fingerprint density at radius 3 is 3.00 bits per heavy atom. The Balaban J connectivity index is 1.80. The zero-order valence-corrected chi connectivity index (χ0v) is 11.7. The first-order valence-corrected chi connectivity index (χ1v) is 7.03. The number of nitrogens with two attached hydrogens (primary N) is 1. The molecule has 1 saturated heterocycles. The van der Waals surface area contributed by atoms with Crippen LogP contribution in [0.4, 0.5) is 0 Å². The fourth-order valence-corrected chi connectivity index (χ4v) is 2.85. The minimum Gasteiger partial charge on any atom is -0.379 e. The van der Waals surface area contributed by atoms with E-state index in [0.717, 1.165) is 10.7 Å². The summed E-state index contributed by atoms with van der Waals surface area (Å²) in [5.74, 6) is 1.20. The maximum Gasteiger partial charge on any atom is 0.236 e. The maximum atomic E-state index is 6.05. The molecule has 0 radical (unpaired) electrons. The van der Waals surface area contributed by atoms with E-state index in [1.807, 2.05) is 19.2 Å². The normalized spacial score (nSPS) is 27.0. The van der Waals surface area contributed by atoms with Crippen LogP contribution >= 0.6 is 11.3 Å². The topological polar surface area (TPSA) is 87.1 Å². The summed E-state index contributed by atoms with van der Waals surface area (Å²) in [6, 6.07) is -0.108. The van der Waals surface area contributed by atoms with Crippen LogP contribution < -0.4 is 5.73 Å². The molecule has 102 valence electrons. The summed E-state index contributed by atoms with van der Waals surface area (Å²) in [5, 5.41) is 7.01. The highest BCUT2D eigenvalue weighted by atomic mass is 32.1. The van der Waals surface area contributed by atoms with Gasteiger partial charge in [0.05, 0.1) is 25.0 Å². The molecule has 0 saturated carbocycles. The number of hydrogen-bond donors (Lipinski definition) is 1. The Kier molecular flexibility index (Phi) is 3.12. The highest BCUT2D eigenvalue weighted by molar-refractivity contribution is 7.09. The van der Waals surface area contributed by atoms with E-state index in [9.17, 15) is 0 Å².